The molecule has 0 spiro atoms. The summed E-state index contributed by atoms with van der Waals surface area (Å²) in [5, 5.41) is 19.2. The van der Waals surface area contributed by atoms with Gasteiger partial charge >= 0.3 is 6.09 Å². The lowest BCUT2D eigenvalue weighted by Gasteiger charge is -2.12. The molecule has 2 amide bonds. The van der Waals surface area contributed by atoms with E-state index in [-0.39, 0.29) is 18.5 Å². The van der Waals surface area contributed by atoms with Crippen molar-refractivity contribution in [3.63, 3.8) is 0 Å². The second kappa shape index (κ2) is 10.1. The summed E-state index contributed by atoms with van der Waals surface area (Å²) in [4.78, 5) is 40.9. The summed E-state index contributed by atoms with van der Waals surface area (Å²) < 4.78 is 7.91. The first kappa shape index (κ1) is 23.7. The van der Waals surface area contributed by atoms with E-state index in [2.05, 4.69) is 20.7 Å². The highest BCUT2D eigenvalue weighted by Gasteiger charge is 2.20. The van der Waals surface area contributed by atoms with Gasteiger partial charge in [0, 0.05) is 24.4 Å². The molecule has 1 unspecified atom stereocenters. The number of anilines is 1. The molecule has 2 heterocycles. The van der Waals surface area contributed by atoms with Gasteiger partial charge in [-0.2, -0.15) is 5.10 Å². The molecule has 174 valence electrons. The summed E-state index contributed by atoms with van der Waals surface area (Å²) in [7, 11) is 1.80. The molecule has 11 nitrogen and oxygen atoms in total. The molecule has 0 aliphatic rings. The first-order chi connectivity index (χ1) is 15.6. The fraction of sp³-hybridized carbons (Fsp3) is 0.318. The number of aromatic nitrogens is 4. The lowest BCUT2D eigenvalue weighted by atomic mass is 10.1. The zero-order valence-electron chi connectivity index (χ0n) is 18.8. The molecule has 0 aliphatic heterocycles. The van der Waals surface area contributed by atoms with Gasteiger partial charge < -0.3 is 20.5 Å². The van der Waals surface area contributed by atoms with E-state index in [0.29, 0.717) is 11.4 Å². The molecule has 0 saturated carbocycles. The zero-order valence-corrected chi connectivity index (χ0v) is 18.8. The minimum atomic E-state index is -1.52. The predicted molar refractivity (Wildman–Crippen MR) is 120 cm³/mol. The van der Waals surface area contributed by atoms with Crippen LogP contribution in [0, 0.1) is 6.92 Å². The third-order valence-corrected chi connectivity index (χ3v) is 4.59. The number of amides is 2. The van der Waals surface area contributed by atoms with Crippen LogP contribution in [0.4, 0.5) is 10.6 Å². The van der Waals surface area contributed by atoms with E-state index < -0.39 is 24.0 Å². The van der Waals surface area contributed by atoms with Crippen molar-refractivity contribution in [3.8, 4) is 11.1 Å². The van der Waals surface area contributed by atoms with Crippen molar-refractivity contribution in [2.24, 2.45) is 7.05 Å². The van der Waals surface area contributed by atoms with E-state index in [4.69, 9.17) is 4.74 Å². The number of rotatable bonds is 7. The summed E-state index contributed by atoms with van der Waals surface area (Å²) in [6.45, 7) is 4.70. The van der Waals surface area contributed by atoms with Crippen LogP contribution in [-0.2, 0) is 16.6 Å². The number of hydrogen-bond acceptors (Lipinski definition) is 7. The average Bonchev–Trinajstić information content (AvgIpc) is 3.36. The molecular weight excluding hydrogens is 428 g/mol. The van der Waals surface area contributed by atoms with Crippen LogP contribution in [-0.4, -0.2) is 61.1 Å². The van der Waals surface area contributed by atoms with Crippen LogP contribution >= 0.6 is 0 Å². The van der Waals surface area contributed by atoms with Crippen LogP contribution in [0.3, 0.4) is 0 Å². The fourth-order valence-corrected chi connectivity index (χ4v) is 2.98. The van der Waals surface area contributed by atoms with E-state index in [0.717, 1.165) is 15.7 Å². The van der Waals surface area contributed by atoms with Gasteiger partial charge in [-0.1, -0.05) is 12.1 Å². The molecule has 0 fully saturated rings. The molecule has 0 bridgehead atoms. The smallest absolute Gasteiger partial charge is 0.419 e. The summed E-state index contributed by atoms with van der Waals surface area (Å²) in [5.74, 6) is -0.828. The number of nitrogens with one attached hydrogen (secondary N) is 2. The quantitative estimate of drug-likeness (QED) is 0.494. The Morgan fingerprint density at radius 1 is 1.18 bits per heavy atom. The van der Waals surface area contributed by atoms with Crippen LogP contribution in [0.15, 0.2) is 42.9 Å². The van der Waals surface area contributed by atoms with E-state index in [1.165, 1.54) is 6.20 Å². The molecule has 0 radical (unpaired) electrons. The summed E-state index contributed by atoms with van der Waals surface area (Å²) in [6, 6.07) is 6.93. The molecule has 11 heteroatoms. The number of hydrogen-bond donors (Lipinski definition) is 3. The van der Waals surface area contributed by atoms with E-state index in [9.17, 15) is 19.5 Å². The number of benzene rings is 1. The average molecular weight is 454 g/mol. The highest BCUT2D eigenvalue weighted by molar-refractivity contribution is 5.97. The number of carbonyl (C=O) groups excluding carboxylic acids is 3. The topological polar surface area (TPSA) is 140 Å². The number of aliphatic hydroxyl groups is 1. The molecule has 2 aromatic heterocycles. The highest BCUT2D eigenvalue weighted by atomic mass is 16.6. The summed E-state index contributed by atoms with van der Waals surface area (Å²) >= 11 is 0. The maximum atomic E-state index is 12.5. The van der Waals surface area contributed by atoms with Crippen molar-refractivity contribution in [2.75, 3.05) is 11.9 Å². The Kier molecular flexibility index (Phi) is 7.23. The Morgan fingerprint density at radius 3 is 2.61 bits per heavy atom. The van der Waals surface area contributed by atoms with Gasteiger partial charge in [-0.15, -0.1) is 0 Å². The van der Waals surface area contributed by atoms with Gasteiger partial charge in [0.2, 0.25) is 0 Å². The van der Waals surface area contributed by atoms with Gasteiger partial charge in [-0.3, -0.25) is 14.3 Å². The van der Waals surface area contributed by atoms with Gasteiger partial charge in [0.25, 0.3) is 11.8 Å². The van der Waals surface area contributed by atoms with E-state index >= 15 is 0 Å². The van der Waals surface area contributed by atoms with Crippen molar-refractivity contribution in [1.29, 1.82) is 0 Å². The van der Waals surface area contributed by atoms with Gasteiger partial charge in [0.1, 0.15) is 11.9 Å². The highest BCUT2D eigenvalue weighted by Crippen LogP contribution is 2.19. The maximum Gasteiger partial charge on any atom is 0.419 e. The molecule has 33 heavy (non-hydrogen) atoms. The van der Waals surface area contributed by atoms with Crippen LogP contribution in [0.5, 0.6) is 0 Å². The van der Waals surface area contributed by atoms with Crippen molar-refractivity contribution in [1.82, 2.24) is 24.6 Å². The first-order valence-corrected chi connectivity index (χ1v) is 10.3. The normalized spacial score (nSPS) is 11.8. The van der Waals surface area contributed by atoms with Crippen molar-refractivity contribution >= 4 is 23.7 Å². The summed E-state index contributed by atoms with van der Waals surface area (Å²) in [6.07, 6.45) is 2.36. The number of carbonyl (C=O) groups is 3. The van der Waals surface area contributed by atoms with Crippen molar-refractivity contribution in [2.45, 2.75) is 33.0 Å². The molecule has 1 aromatic carbocycles. The molecule has 0 saturated heterocycles. The van der Waals surface area contributed by atoms with Gasteiger partial charge in [-0.25, -0.2) is 14.3 Å². The lowest BCUT2D eigenvalue weighted by molar-refractivity contribution is -0.123. The minimum absolute atomic E-state index is 0.0766. The van der Waals surface area contributed by atoms with Crippen LogP contribution in [0.2, 0.25) is 0 Å². The number of ether oxygens (including phenoxy) is 1. The first-order valence-electron chi connectivity index (χ1n) is 10.3. The predicted octanol–water partition coefficient (Wildman–Crippen LogP) is 1.71. The number of imidazole rings is 1. The van der Waals surface area contributed by atoms with Crippen LogP contribution < -0.4 is 10.6 Å². The SMILES string of the molecule is Cc1nc(NC(=O)C(O)CNC(=O)c2cccc(-c3cnn(C)c3)c2)cn1C(=O)OC(C)C. The molecule has 3 aromatic rings. The Balaban J connectivity index is 1.56. The van der Waals surface area contributed by atoms with Crippen LogP contribution in [0.25, 0.3) is 11.1 Å². The fourth-order valence-electron chi connectivity index (χ4n) is 2.98. The zero-order chi connectivity index (χ0) is 24.1. The Hall–Kier alpha value is -3.99. The Morgan fingerprint density at radius 2 is 1.94 bits per heavy atom. The second-order valence-electron chi connectivity index (χ2n) is 7.67. The van der Waals surface area contributed by atoms with Crippen molar-refractivity contribution < 1.29 is 24.2 Å². The van der Waals surface area contributed by atoms with Crippen molar-refractivity contribution in [3.05, 3.63) is 54.2 Å². The molecular formula is C22H26N6O5. The van der Waals surface area contributed by atoms with Gasteiger partial charge in [0.15, 0.2) is 5.82 Å². The lowest BCUT2D eigenvalue weighted by Crippen LogP contribution is -2.39. The van der Waals surface area contributed by atoms with Crippen LogP contribution in [0.1, 0.15) is 30.0 Å². The summed E-state index contributed by atoms with van der Waals surface area (Å²) in [5.41, 5.74) is 2.05. The molecule has 3 rings (SSSR count). The molecule has 1 atom stereocenters. The Labute approximate surface area is 190 Å². The standard InChI is InChI=1S/C22H26N6O5/c1-13(2)33-22(32)28-12-19(25-14(28)3)26-21(31)18(29)10-23-20(30)16-7-5-6-15(8-16)17-9-24-27(4)11-17/h5-9,11-13,18,29H,10H2,1-4H3,(H,23,30)(H,26,31). The molecule has 3 N–H and O–H groups in total. The second-order valence-corrected chi connectivity index (χ2v) is 7.67. The Bertz CT molecular complexity index is 1170. The largest absolute Gasteiger partial charge is 0.446 e. The van der Waals surface area contributed by atoms with Gasteiger partial charge in [-0.05, 0) is 38.5 Å². The minimum Gasteiger partial charge on any atom is -0.446 e. The number of aryl methyl sites for hydroxylation is 2. The maximum absolute atomic E-state index is 12.5. The number of nitrogens with zero attached hydrogens (tertiary/aromatic N) is 4. The third-order valence-electron chi connectivity index (χ3n) is 4.59. The third kappa shape index (κ3) is 6.04. The van der Waals surface area contributed by atoms with E-state index in [1.807, 2.05) is 12.3 Å². The number of aliphatic hydroxyl groups excluding tert-OH is 1. The monoisotopic (exact) mass is 454 g/mol. The molecule has 0 aliphatic carbocycles. The van der Waals surface area contributed by atoms with E-state index in [1.54, 1.807) is 56.9 Å². The van der Waals surface area contributed by atoms with Gasteiger partial charge in [0.05, 0.1) is 25.0 Å².